The van der Waals surface area contributed by atoms with Crippen molar-refractivity contribution in [3.8, 4) is 0 Å². The minimum absolute atomic E-state index is 0.0339. The number of nitrogens with one attached hydrogen (secondary N) is 1. The number of para-hydroxylation sites is 1. The van der Waals surface area contributed by atoms with Crippen LogP contribution in [0, 0.1) is 13.8 Å². The first-order valence-electron chi connectivity index (χ1n) is 8.96. The number of urea groups is 1. The van der Waals surface area contributed by atoms with Gasteiger partial charge in [0.1, 0.15) is 0 Å². The molecule has 0 aliphatic heterocycles. The average Bonchev–Trinajstić information content (AvgIpc) is 3.20. The molecular formula is C20H26N4OS. The minimum Gasteiger partial charge on any atom is -0.347 e. The van der Waals surface area contributed by atoms with Crippen molar-refractivity contribution in [3.63, 3.8) is 0 Å². The number of carbonyl (C=O) groups excluding carboxylic acids is 1. The lowest BCUT2D eigenvalue weighted by atomic mass is 10.2. The van der Waals surface area contributed by atoms with Crippen LogP contribution >= 0.6 is 11.3 Å². The monoisotopic (exact) mass is 370 g/mol. The molecule has 6 heteroatoms. The number of aryl methyl sites for hydroxylation is 3. The number of fused-ring (bicyclic) bond motifs is 1. The molecule has 3 rings (SSSR count). The molecule has 1 N–H and O–H groups in total. The summed E-state index contributed by atoms with van der Waals surface area (Å²) in [6.45, 7) is 7.62. The third-order valence-corrected chi connectivity index (χ3v) is 5.67. The van der Waals surface area contributed by atoms with Gasteiger partial charge in [-0.1, -0.05) is 18.2 Å². The molecule has 0 aliphatic carbocycles. The molecule has 2 amide bonds. The zero-order valence-electron chi connectivity index (χ0n) is 15.8. The first-order chi connectivity index (χ1) is 12.5. The molecule has 0 radical (unpaired) electrons. The Morgan fingerprint density at radius 2 is 2.08 bits per heavy atom. The van der Waals surface area contributed by atoms with Gasteiger partial charge >= 0.3 is 6.03 Å². The van der Waals surface area contributed by atoms with Gasteiger partial charge in [-0.05, 0) is 44.7 Å². The summed E-state index contributed by atoms with van der Waals surface area (Å²) in [6.07, 6.45) is 3.00. The van der Waals surface area contributed by atoms with E-state index >= 15 is 0 Å². The summed E-state index contributed by atoms with van der Waals surface area (Å²) in [5.74, 6) is 0. The number of thiazole rings is 1. The topological polar surface area (TPSA) is 50.2 Å². The molecule has 138 valence electrons. The molecule has 1 aromatic carbocycles. The van der Waals surface area contributed by atoms with E-state index in [1.807, 2.05) is 20.9 Å². The Bertz CT molecular complexity index is 898. The van der Waals surface area contributed by atoms with Gasteiger partial charge in [-0.2, -0.15) is 0 Å². The molecule has 5 nitrogen and oxygen atoms in total. The fourth-order valence-electron chi connectivity index (χ4n) is 3.20. The van der Waals surface area contributed by atoms with Gasteiger partial charge in [-0.15, -0.1) is 11.3 Å². The Morgan fingerprint density at radius 3 is 2.81 bits per heavy atom. The zero-order valence-corrected chi connectivity index (χ0v) is 16.6. The Kier molecular flexibility index (Phi) is 5.61. The smallest absolute Gasteiger partial charge is 0.317 e. The first-order valence-corrected chi connectivity index (χ1v) is 9.77. The highest BCUT2D eigenvalue weighted by Gasteiger charge is 2.21. The Labute approximate surface area is 158 Å². The van der Waals surface area contributed by atoms with E-state index in [9.17, 15) is 4.79 Å². The lowest BCUT2D eigenvalue weighted by Crippen LogP contribution is -2.39. The Hall–Kier alpha value is -2.34. The highest BCUT2D eigenvalue weighted by molar-refractivity contribution is 7.11. The predicted octanol–water partition coefficient (Wildman–Crippen LogP) is 4.51. The number of benzene rings is 1. The highest BCUT2D eigenvalue weighted by Crippen LogP contribution is 2.25. The van der Waals surface area contributed by atoms with E-state index in [0.717, 1.165) is 23.7 Å². The van der Waals surface area contributed by atoms with Crippen molar-refractivity contribution in [1.82, 2.24) is 19.8 Å². The summed E-state index contributed by atoms with van der Waals surface area (Å²) >= 11 is 1.68. The van der Waals surface area contributed by atoms with Crippen LogP contribution < -0.4 is 5.32 Å². The Balaban J connectivity index is 1.50. The van der Waals surface area contributed by atoms with Crippen LogP contribution in [0.2, 0.25) is 0 Å². The summed E-state index contributed by atoms with van der Waals surface area (Å²) < 4.78 is 2.23. The summed E-state index contributed by atoms with van der Waals surface area (Å²) in [5.41, 5.74) is 2.22. The molecule has 0 aliphatic rings. The van der Waals surface area contributed by atoms with Gasteiger partial charge in [0.2, 0.25) is 0 Å². The van der Waals surface area contributed by atoms with Gasteiger partial charge < -0.3 is 14.8 Å². The van der Waals surface area contributed by atoms with Crippen LogP contribution in [0.3, 0.4) is 0 Å². The van der Waals surface area contributed by atoms with E-state index in [1.165, 1.54) is 15.8 Å². The van der Waals surface area contributed by atoms with E-state index < -0.39 is 0 Å². The SMILES string of the molecule is Cc1nc(C(C)N(C)C(=O)NCCCn2ccc3ccccc32)c(C)s1. The fraction of sp³-hybridized carbons (Fsp3) is 0.400. The fourth-order valence-corrected chi connectivity index (χ4v) is 4.10. The molecule has 0 bridgehead atoms. The van der Waals surface area contributed by atoms with Gasteiger partial charge in [0.15, 0.2) is 0 Å². The van der Waals surface area contributed by atoms with Crippen molar-refractivity contribution in [2.24, 2.45) is 0 Å². The molecule has 0 saturated carbocycles. The van der Waals surface area contributed by atoms with Crippen molar-refractivity contribution in [2.45, 2.75) is 39.8 Å². The van der Waals surface area contributed by atoms with Crippen molar-refractivity contribution >= 4 is 28.3 Å². The van der Waals surface area contributed by atoms with Gasteiger partial charge in [-0.3, -0.25) is 0 Å². The van der Waals surface area contributed by atoms with Crippen LogP contribution in [0.1, 0.15) is 35.0 Å². The van der Waals surface area contributed by atoms with Gasteiger partial charge in [0, 0.05) is 36.7 Å². The average molecular weight is 371 g/mol. The maximum atomic E-state index is 12.4. The van der Waals surface area contributed by atoms with E-state index in [2.05, 4.69) is 58.3 Å². The van der Waals surface area contributed by atoms with Gasteiger partial charge in [0.25, 0.3) is 0 Å². The number of hydrogen-bond acceptors (Lipinski definition) is 3. The van der Waals surface area contributed by atoms with Gasteiger partial charge in [-0.25, -0.2) is 9.78 Å². The zero-order chi connectivity index (χ0) is 18.7. The lowest BCUT2D eigenvalue weighted by molar-refractivity contribution is 0.193. The number of nitrogens with zero attached hydrogens (tertiary/aromatic N) is 3. The number of aromatic nitrogens is 2. The first kappa shape index (κ1) is 18.5. The summed E-state index contributed by atoms with van der Waals surface area (Å²) in [6, 6.07) is 10.4. The van der Waals surface area contributed by atoms with Gasteiger partial charge in [0.05, 0.1) is 16.7 Å². The second-order valence-electron chi connectivity index (χ2n) is 6.61. The van der Waals surface area contributed by atoms with E-state index in [0.29, 0.717) is 6.54 Å². The Morgan fingerprint density at radius 1 is 1.31 bits per heavy atom. The van der Waals surface area contributed by atoms with Crippen molar-refractivity contribution in [1.29, 1.82) is 0 Å². The molecule has 2 aromatic heterocycles. The molecule has 26 heavy (non-hydrogen) atoms. The number of hydrogen-bond donors (Lipinski definition) is 1. The summed E-state index contributed by atoms with van der Waals surface area (Å²) in [4.78, 5) is 19.9. The molecule has 1 unspecified atom stereocenters. The van der Waals surface area contributed by atoms with E-state index in [4.69, 9.17) is 0 Å². The number of rotatable bonds is 6. The minimum atomic E-state index is -0.0556. The van der Waals surface area contributed by atoms with Crippen molar-refractivity contribution < 1.29 is 4.79 Å². The second-order valence-corrected chi connectivity index (χ2v) is 8.02. The number of carbonyl (C=O) groups is 1. The molecule has 0 spiro atoms. The normalized spacial score (nSPS) is 12.3. The lowest BCUT2D eigenvalue weighted by Gasteiger charge is -2.24. The van der Waals surface area contributed by atoms with Crippen LogP contribution in [0.25, 0.3) is 10.9 Å². The molecular weight excluding hydrogens is 344 g/mol. The summed E-state index contributed by atoms with van der Waals surface area (Å²) in [5, 5.41) is 5.31. The third kappa shape index (κ3) is 3.90. The van der Waals surface area contributed by atoms with Crippen LogP contribution in [-0.2, 0) is 6.54 Å². The maximum absolute atomic E-state index is 12.4. The molecule has 3 aromatic rings. The molecule has 0 fully saturated rings. The predicted molar refractivity (Wildman–Crippen MR) is 108 cm³/mol. The standard InChI is InChI=1S/C20H26N4OS/c1-14(19-15(2)26-16(3)22-19)23(4)20(25)21-11-7-12-24-13-10-17-8-5-6-9-18(17)24/h5-6,8-10,13-14H,7,11-12H2,1-4H3,(H,21,25). The van der Waals surface area contributed by atoms with Crippen LogP contribution in [0.15, 0.2) is 36.5 Å². The molecule has 0 saturated heterocycles. The van der Waals surface area contributed by atoms with Crippen LogP contribution in [0.4, 0.5) is 4.79 Å². The second kappa shape index (κ2) is 7.91. The van der Waals surface area contributed by atoms with E-state index in [1.54, 1.807) is 16.2 Å². The third-order valence-electron chi connectivity index (χ3n) is 4.77. The molecule has 2 heterocycles. The van der Waals surface area contributed by atoms with E-state index in [-0.39, 0.29) is 12.1 Å². The van der Waals surface area contributed by atoms with Crippen LogP contribution in [0.5, 0.6) is 0 Å². The van der Waals surface area contributed by atoms with Crippen molar-refractivity contribution in [3.05, 3.63) is 52.1 Å². The molecule has 1 atom stereocenters. The number of amides is 2. The van der Waals surface area contributed by atoms with Crippen LogP contribution in [-0.4, -0.2) is 34.1 Å². The highest BCUT2D eigenvalue weighted by atomic mass is 32.1. The largest absolute Gasteiger partial charge is 0.347 e. The summed E-state index contributed by atoms with van der Waals surface area (Å²) in [7, 11) is 1.83. The van der Waals surface area contributed by atoms with Crippen molar-refractivity contribution in [2.75, 3.05) is 13.6 Å². The maximum Gasteiger partial charge on any atom is 0.317 e. The quantitative estimate of drug-likeness (QED) is 0.649.